The summed E-state index contributed by atoms with van der Waals surface area (Å²) >= 11 is 0. The Labute approximate surface area is 131 Å². The van der Waals surface area contributed by atoms with Crippen molar-refractivity contribution in [2.75, 3.05) is 53.5 Å². The highest BCUT2D eigenvalue weighted by molar-refractivity contribution is 5.82. The SMILES string of the molecule is COCCn1ccnc1CN1CCN2CCN(C)C(=O)[C@H]2C1. The van der Waals surface area contributed by atoms with E-state index in [9.17, 15) is 4.79 Å². The van der Waals surface area contributed by atoms with Crippen molar-refractivity contribution >= 4 is 5.91 Å². The van der Waals surface area contributed by atoms with Crippen LogP contribution in [0.3, 0.4) is 0 Å². The lowest BCUT2D eigenvalue weighted by molar-refractivity contribution is -0.143. The van der Waals surface area contributed by atoms with Crippen LogP contribution in [-0.4, -0.2) is 89.7 Å². The summed E-state index contributed by atoms with van der Waals surface area (Å²) in [4.78, 5) is 23.3. The number of ether oxygens (including phenoxy) is 1. The average Bonchev–Trinajstić information content (AvgIpc) is 2.96. The van der Waals surface area contributed by atoms with Crippen LogP contribution in [0.4, 0.5) is 0 Å². The molecule has 3 heterocycles. The minimum Gasteiger partial charge on any atom is -0.383 e. The van der Waals surface area contributed by atoms with E-state index in [4.69, 9.17) is 4.74 Å². The molecular formula is C15H25N5O2. The van der Waals surface area contributed by atoms with E-state index in [0.717, 1.165) is 51.6 Å². The summed E-state index contributed by atoms with van der Waals surface area (Å²) in [5.74, 6) is 1.29. The van der Waals surface area contributed by atoms with Gasteiger partial charge in [-0.05, 0) is 0 Å². The average molecular weight is 307 g/mol. The lowest BCUT2D eigenvalue weighted by Crippen LogP contribution is -2.63. The molecule has 0 aliphatic carbocycles. The van der Waals surface area contributed by atoms with E-state index in [1.54, 1.807) is 7.11 Å². The van der Waals surface area contributed by atoms with Crippen LogP contribution in [0, 0.1) is 0 Å². The monoisotopic (exact) mass is 307 g/mol. The molecule has 0 N–H and O–H groups in total. The molecule has 1 aromatic rings. The maximum atomic E-state index is 12.3. The van der Waals surface area contributed by atoms with Gasteiger partial charge in [0, 0.05) is 65.8 Å². The standard InChI is InChI=1S/C15H25N5O2/c1-17-5-7-19-8-6-18(11-13(19)15(17)21)12-14-16-3-4-20(14)9-10-22-2/h3-4,13H,5-12H2,1-2H3/t13-/m1/s1. The fraction of sp³-hybridized carbons (Fsp3) is 0.733. The highest BCUT2D eigenvalue weighted by atomic mass is 16.5. The lowest BCUT2D eigenvalue weighted by atomic mass is 10.1. The number of fused-ring (bicyclic) bond motifs is 1. The molecule has 1 aromatic heterocycles. The van der Waals surface area contributed by atoms with Crippen molar-refractivity contribution in [1.82, 2.24) is 24.3 Å². The predicted octanol–water partition coefficient (Wildman–Crippen LogP) is -0.512. The number of methoxy groups -OCH3 is 1. The summed E-state index contributed by atoms with van der Waals surface area (Å²) in [5.41, 5.74) is 0. The first-order chi connectivity index (χ1) is 10.7. The normalized spacial score (nSPS) is 23.8. The number of imidazole rings is 1. The van der Waals surface area contributed by atoms with Crippen LogP contribution in [-0.2, 0) is 22.6 Å². The summed E-state index contributed by atoms with van der Waals surface area (Å²) in [5, 5.41) is 0. The lowest BCUT2D eigenvalue weighted by Gasteiger charge is -2.45. The molecule has 2 aliphatic heterocycles. The fourth-order valence-electron chi connectivity index (χ4n) is 3.25. The maximum absolute atomic E-state index is 12.3. The number of likely N-dealkylation sites (N-methyl/N-ethyl adjacent to an activating group) is 1. The van der Waals surface area contributed by atoms with Crippen LogP contribution in [0.5, 0.6) is 0 Å². The van der Waals surface area contributed by atoms with E-state index in [0.29, 0.717) is 6.61 Å². The second-order valence-corrected chi connectivity index (χ2v) is 6.08. The fourth-order valence-corrected chi connectivity index (χ4v) is 3.25. The topological polar surface area (TPSA) is 53.8 Å². The number of amides is 1. The van der Waals surface area contributed by atoms with Crippen molar-refractivity contribution in [3.63, 3.8) is 0 Å². The molecule has 1 amide bonds. The van der Waals surface area contributed by atoms with Gasteiger partial charge < -0.3 is 14.2 Å². The van der Waals surface area contributed by atoms with E-state index in [1.807, 2.05) is 24.3 Å². The van der Waals surface area contributed by atoms with Gasteiger partial charge in [-0.1, -0.05) is 0 Å². The smallest absolute Gasteiger partial charge is 0.241 e. The first-order valence-electron chi connectivity index (χ1n) is 7.89. The van der Waals surface area contributed by atoms with Gasteiger partial charge in [0.1, 0.15) is 11.9 Å². The van der Waals surface area contributed by atoms with Gasteiger partial charge in [0.05, 0.1) is 13.2 Å². The Morgan fingerprint density at radius 1 is 1.32 bits per heavy atom. The zero-order valence-corrected chi connectivity index (χ0v) is 13.4. The van der Waals surface area contributed by atoms with Gasteiger partial charge >= 0.3 is 0 Å². The Morgan fingerprint density at radius 3 is 2.95 bits per heavy atom. The molecule has 0 spiro atoms. The molecular weight excluding hydrogens is 282 g/mol. The number of rotatable bonds is 5. The van der Waals surface area contributed by atoms with Crippen LogP contribution in [0.1, 0.15) is 5.82 Å². The highest BCUT2D eigenvalue weighted by Gasteiger charge is 2.37. The Balaban J connectivity index is 1.62. The van der Waals surface area contributed by atoms with Crippen LogP contribution >= 0.6 is 0 Å². The van der Waals surface area contributed by atoms with E-state index in [2.05, 4.69) is 19.4 Å². The van der Waals surface area contributed by atoms with Crippen molar-refractivity contribution in [1.29, 1.82) is 0 Å². The molecule has 2 aliphatic rings. The third kappa shape index (κ3) is 3.16. The molecule has 122 valence electrons. The van der Waals surface area contributed by atoms with Gasteiger partial charge in [0.25, 0.3) is 0 Å². The van der Waals surface area contributed by atoms with E-state index in [-0.39, 0.29) is 11.9 Å². The molecule has 0 unspecified atom stereocenters. The number of hydrogen-bond donors (Lipinski definition) is 0. The third-order valence-electron chi connectivity index (χ3n) is 4.66. The zero-order valence-electron chi connectivity index (χ0n) is 13.4. The predicted molar refractivity (Wildman–Crippen MR) is 82.4 cm³/mol. The Hall–Kier alpha value is -1.44. The number of carbonyl (C=O) groups is 1. The Kier molecular flexibility index (Phi) is 4.75. The number of piperazine rings is 2. The van der Waals surface area contributed by atoms with Gasteiger partial charge in [0.2, 0.25) is 5.91 Å². The summed E-state index contributed by atoms with van der Waals surface area (Å²) in [6.07, 6.45) is 3.82. The quantitative estimate of drug-likeness (QED) is 0.733. The van der Waals surface area contributed by atoms with Crippen molar-refractivity contribution in [2.24, 2.45) is 0 Å². The number of hydrogen-bond acceptors (Lipinski definition) is 5. The Morgan fingerprint density at radius 2 is 2.14 bits per heavy atom. The van der Waals surface area contributed by atoms with E-state index < -0.39 is 0 Å². The van der Waals surface area contributed by atoms with Crippen LogP contribution in [0.15, 0.2) is 12.4 Å². The second kappa shape index (κ2) is 6.76. The van der Waals surface area contributed by atoms with Crippen molar-refractivity contribution < 1.29 is 9.53 Å². The van der Waals surface area contributed by atoms with Gasteiger partial charge in [-0.3, -0.25) is 14.6 Å². The molecule has 2 fully saturated rings. The first-order valence-corrected chi connectivity index (χ1v) is 7.89. The van der Waals surface area contributed by atoms with Gasteiger partial charge in [-0.15, -0.1) is 0 Å². The van der Waals surface area contributed by atoms with Gasteiger partial charge in [-0.2, -0.15) is 0 Å². The first kappa shape index (κ1) is 15.5. The molecule has 3 rings (SSSR count). The van der Waals surface area contributed by atoms with Crippen molar-refractivity contribution in [3.8, 4) is 0 Å². The van der Waals surface area contributed by atoms with Crippen molar-refractivity contribution in [2.45, 2.75) is 19.1 Å². The van der Waals surface area contributed by atoms with Crippen molar-refractivity contribution in [3.05, 3.63) is 18.2 Å². The van der Waals surface area contributed by atoms with E-state index in [1.165, 1.54) is 0 Å². The maximum Gasteiger partial charge on any atom is 0.241 e. The Bertz CT molecular complexity index is 518. The molecule has 0 aromatic carbocycles. The summed E-state index contributed by atoms with van der Waals surface area (Å²) in [7, 11) is 3.61. The number of carbonyl (C=O) groups excluding carboxylic acids is 1. The van der Waals surface area contributed by atoms with E-state index >= 15 is 0 Å². The van der Waals surface area contributed by atoms with Crippen LogP contribution in [0.25, 0.3) is 0 Å². The molecule has 0 bridgehead atoms. The third-order valence-corrected chi connectivity index (χ3v) is 4.66. The molecule has 0 saturated carbocycles. The molecule has 7 nitrogen and oxygen atoms in total. The minimum atomic E-state index is 0.00915. The number of aromatic nitrogens is 2. The number of nitrogens with zero attached hydrogens (tertiary/aromatic N) is 5. The highest BCUT2D eigenvalue weighted by Crippen LogP contribution is 2.17. The molecule has 1 atom stereocenters. The van der Waals surface area contributed by atoms with Gasteiger partial charge in [0.15, 0.2) is 0 Å². The van der Waals surface area contributed by atoms with Gasteiger partial charge in [-0.25, -0.2) is 4.98 Å². The second-order valence-electron chi connectivity index (χ2n) is 6.08. The summed E-state index contributed by atoms with van der Waals surface area (Å²) < 4.78 is 7.27. The minimum absolute atomic E-state index is 0.00915. The molecule has 0 radical (unpaired) electrons. The largest absolute Gasteiger partial charge is 0.383 e. The van der Waals surface area contributed by atoms with Crippen LogP contribution in [0.2, 0.25) is 0 Å². The molecule has 22 heavy (non-hydrogen) atoms. The summed E-state index contributed by atoms with van der Waals surface area (Å²) in [6.45, 7) is 6.87. The van der Waals surface area contributed by atoms with Crippen LogP contribution < -0.4 is 0 Å². The zero-order chi connectivity index (χ0) is 15.5. The molecule has 2 saturated heterocycles. The molecule has 7 heteroatoms. The summed E-state index contributed by atoms with van der Waals surface area (Å²) in [6, 6.07) is 0.00915.